The molecule has 1 fully saturated rings. The molecular formula is C13H22N2O2. The molecular weight excluding hydrogens is 216 g/mol. The van der Waals surface area contributed by atoms with Crippen LogP contribution in [-0.4, -0.2) is 35.8 Å². The molecule has 4 heteroatoms. The highest BCUT2D eigenvalue weighted by atomic mass is 16.2. The van der Waals surface area contributed by atoms with Crippen molar-refractivity contribution in [3.63, 3.8) is 0 Å². The molecule has 17 heavy (non-hydrogen) atoms. The standard InChI is InChI=1S/C13H22N2O2/c1-5-10(4)12-13(17)14-8-11(16)15(12)7-6-9(2)3/h6,10,12H,5,7-8H2,1-4H3,(H,14,17). The molecule has 0 saturated carbocycles. The van der Waals surface area contributed by atoms with Crippen LogP contribution < -0.4 is 5.32 Å². The Bertz CT molecular complexity index is 332. The first kappa shape index (κ1) is 13.7. The van der Waals surface area contributed by atoms with E-state index in [9.17, 15) is 9.59 Å². The Balaban J connectivity index is 2.88. The molecule has 2 unspecified atom stereocenters. The van der Waals surface area contributed by atoms with Crippen molar-refractivity contribution < 1.29 is 9.59 Å². The summed E-state index contributed by atoms with van der Waals surface area (Å²) in [5.74, 6) is 0.165. The van der Waals surface area contributed by atoms with Crippen molar-refractivity contribution in [2.45, 2.75) is 40.2 Å². The largest absolute Gasteiger partial charge is 0.345 e. The lowest BCUT2D eigenvalue weighted by Crippen LogP contribution is -2.60. The van der Waals surface area contributed by atoms with E-state index in [-0.39, 0.29) is 30.3 Å². The lowest BCUT2D eigenvalue weighted by atomic mass is 9.95. The van der Waals surface area contributed by atoms with E-state index in [1.54, 1.807) is 4.90 Å². The number of rotatable bonds is 4. The van der Waals surface area contributed by atoms with Crippen LogP contribution in [0.3, 0.4) is 0 Å². The number of piperazine rings is 1. The number of carbonyl (C=O) groups excluding carboxylic acids is 2. The first-order valence-electron chi connectivity index (χ1n) is 6.18. The monoisotopic (exact) mass is 238 g/mol. The van der Waals surface area contributed by atoms with Gasteiger partial charge in [-0.05, 0) is 19.8 Å². The molecule has 1 saturated heterocycles. The molecule has 4 nitrogen and oxygen atoms in total. The van der Waals surface area contributed by atoms with E-state index in [4.69, 9.17) is 0 Å². The van der Waals surface area contributed by atoms with Gasteiger partial charge in [0.25, 0.3) is 0 Å². The molecule has 2 amide bonds. The average Bonchev–Trinajstić information content (AvgIpc) is 2.28. The molecule has 1 rings (SSSR count). The van der Waals surface area contributed by atoms with Crippen molar-refractivity contribution >= 4 is 11.8 Å². The Morgan fingerprint density at radius 1 is 1.53 bits per heavy atom. The van der Waals surface area contributed by atoms with Gasteiger partial charge in [0.2, 0.25) is 11.8 Å². The number of nitrogens with one attached hydrogen (secondary N) is 1. The fraction of sp³-hybridized carbons (Fsp3) is 0.692. The zero-order valence-electron chi connectivity index (χ0n) is 11.1. The molecule has 2 atom stereocenters. The number of allylic oxidation sites excluding steroid dienone is 1. The van der Waals surface area contributed by atoms with Gasteiger partial charge in [-0.3, -0.25) is 9.59 Å². The predicted molar refractivity (Wildman–Crippen MR) is 67.4 cm³/mol. The summed E-state index contributed by atoms with van der Waals surface area (Å²) in [6.07, 6.45) is 2.88. The fourth-order valence-electron chi connectivity index (χ4n) is 1.95. The minimum atomic E-state index is -0.322. The summed E-state index contributed by atoms with van der Waals surface area (Å²) in [7, 11) is 0. The van der Waals surface area contributed by atoms with E-state index in [0.29, 0.717) is 6.54 Å². The molecule has 0 spiro atoms. The van der Waals surface area contributed by atoms with Crippen molar-refractivity contribution in [1.82, 2.24) is 10.2 Å². The quantitative estimate of drug-likeness (QED) is 0.751. The van der Waals surface area contributed by atoms with E-state index in [0.717, 1.165) is 12.0 Å². The fourth-order valence-corrected chi connectivity index (χ4v) is 1.95. The third-order valence-electron chi connectivity index (χ3n) is 3.22. The summed E-state index contributed by atoms with van der Waals surface area (Å²) in [5.41, 5.74) is 1.16. The van der Waals surface area contributed by atoms with Crippen LogP contribution in [0.25, 0.3) is 0 Å². The van der Waals surface area contributed by atoms with Crippen LogP contribution in [0.1, 0.15) is 34.1 Å². The first-order valence-corrected chi connectivity index (χ1v) is 6.18. The number of amides is 2. The van der Waals surface area contributed by atoms with Crippen molar-refractivity contribution in [3.8, 4) is 0 Å². The zero-order valence-corrected chi connectivity index (χ0v) is 11.1. The molecule has 0 bridgehead atoms. The van der Waals surface area contributed by atoms with Gasteiger partial charge >= 0.3 is 0 Å². The van der Waals surface area contributed by atoms with Crippen molar-refractivity contribution in [2.24, 2.45) is 5.92 Å². The van der Waals surface area contributed by atoms with Crippen LogP contribution in [0.5, 0.6) is 0 Å². The van der Waals surface area contributed by atoms with Gasteiger partial charge in [0, 0.05) is 6.54 Å². The molecule has 1 aliphatic rings. The highest BCUT2D eigenvalue weighted by Crippen LogP contribution is 2.18. The Kier molecular flexibility index (Phi) is 4.73. The van der Waals surface area contributed by atoms with Gasteiger partial charge < -0.3 is 10.2 Å². The Morgan fingerprint density at radius 2 is 2.18 bits per heavy atom. The topological polar surface area (TPSA) is 49.4 Å². The number of nitrogens with zero attached hydrogens (tertiary/aromatic N) is 1. The third-order valence-corrected chi connectivity index (χ3v) is 3.22. The second kappa shape index (κ2) is 5.84. The molecule has 0 aliphatic carbocycles. The summed E-state index contributed by atoms with van der Waals surface area (Å²) in [6, 6.07) is -0.322. The molecule has 1 N–H and O–H groups in total. The van der Waals surface area contributed by atoms with Gasteiger partial charge in [0.05, 0.1) is 6.54 Å². The minimum absolute atomic E-state index is 0.00685. The third kappa shape index (κ3) is 3.32. The highest BCUT2D eigenvalue weighted by Gasteiger charge is 2.36. The van der Waals surface area contributed by atoms with Gasteiger partial charge in [-0.15, -0.1) is 0 Å². The SMILES string of the molecule is CCC(C)C1C(=O)NCC(=O)N1CC=C(C)C. The Hall–Kier alpha value is -1.32. The van der Waals surface area contributed by atoms with Gasteiger partial charge in [-0.2, -0.15) is 0 Å². The normalized spacial score (nSPS) is 22.1. The predicted octanol–water partition coefficient (Wildman–Crippen LogP) is 1.33. The number of hydrogen-bond acceptors (Lipinski definition) is 2. The van der Waals surface area contributed by atoms with Crippen LogP contribution in [0.15, 0.2) is 11.6 Å². The van der Waals surface area contributed by atoms with Crippen LogP contribution in [0, 0.1) is 5.92 Å². The molecule has 0 aromatic carbocycles. The smallest absolute Gasteiger partial charge is 0.243 e. The molecule has 96 valence electrons. The molecule has 0 radical (unpaired) electrons. The van der Waals surface area contributed by atoms with Crippen molar-refractivity contribution in [1.29, 1.82) is 0 Å². The molecule has 0 aromatic heterocycles. The lowest BCUT2D eigenvalue weighted by Gasteiger charge is -2.37. The van der Waals surface area contributed by atoms with E-state index in [2.05, 4.69) is 5.32 Å². The summed E-state index contributed by atoms with van der Waals surface area (Å²) in [4.78, 5) is 25.4. The van der Waals surface area contributed by atoms with E-state index in [1.807, 2.05) is 33.8 Å². The van der Waals surface area contributed by atoms with Gasteiger partial charge in [-0.1, -0.05) is 31.9 Å². The zero-order chi connectivity index (χ0) is 13.0. The maximum atomic E-state index is 11.9. The van der Waals surface area contributed by atoms with Crippen molar-refractivity contribution in [3.05, 3.63) is 11.6 Å². The second-order valence-electron chi connectivity index (χ2n) is 4.88. The van der Waals surface area contributed by atoms with Gasteiger partial charge in [0.15, 0.2) is 0 Å². The van der Waals surface area contributed by atoms with Crippen LogP contribution in [-0.2, 0) is 9.59 Å². The van der Waals surface area contributed by atoms with Gasteiger partial charge in [-0.25, -0.2) is 0 Å². The summed E-state index contributed by atoms with van der Waals surface area (Å²) in [6.45, 7) is 8.69. The van der Waals surface area contributed by atoms with E-state index >= 15 is 0 Å². The summed E-state index contributed by atoms with van der Waals surface area (Å²) >= 11 is 0. The van der Waals surface area contributed by atoms with E-state index in [1.165, 1.54) is 0 Å². The van der Waals surface area contributed by atoms with Crippen LogP contribution in [0.2, 0.25) is 0 Å². The summed E-state index contributed by atoms with van der Waals surface area (Å²) in [5, 5.41) is 2.66. The molecule has 1 heterocycles. The summed E-state index contributed by atoms with van der Waals surface area (Å²) < 4.78 is 0. The lowest BCUT2D eigenvalue weighted by molar-refractivity contribution is -0.146. The average molecular weight is 238 g/mol. The molecule has 1 aliphatic heterocycles. The Labute approximate surface area is 103 Å². The first-order chi connectivity index (χ1) is 7.97. The van der Waals surface area contributed by atoms with Crippen LogP contribution in [0.4, 0.5) is 0 Å². The van der Waals surface area contributed by atoms with Gasteiger partial charge in [0.1, 0.15) is 6.04 Å². The maximum absolute atomic E-state index is 11.9. The maximum Gasteiger partial charge on any atom is 0.243 e. The Morgan fingerprint density at radius 3 is 2.71 bits per heavy atom. The van der Waals surface area contributed by atoms with E-state index < -0.39 is 0 Å². The highest BCUT2D eigenvalue weighted by molar-refractivity contribution is 5.95. The number of hydrogen-bond donors (Lipinski definition) is 1. The minimum Gasteiger partial charge on any atom is -0.345 e. The van der Waals surface area contributed by atoms with Crippen LogP contribution >= 0.6 is 0 Å². The second-order valence-corrected chi connectivity index (χ2v) is 4.88. The number of carbonyl (C=O) groups is 2. The van der Waals surface area contributed by atoms with Crippen molar-refractivity contribution in [2.75, 3.05) is 13.1 Å². The molecule has 0 aromatic rings.